The van der Waals surface area contributed by atoms with Crippen LogP contribution in [0.4, 0.5) is 34.9 Å². The maximum absolute atomic E-state index is 14.0. The summed E-state index contributed by atoms with van der Waals surface area (Å²) in [5.74, 6) is 1.61. The molecule has 0 saturated carbocycles. The highest BCUT2D eigenvalue weighted by Crippen LogP contribution is 2.34. The van der Waals surface area contributed by atoms with Gasteiger partial charge in [0.1, 0.15) is 36.1 Å². The number of amides is 2. The first-order valence-corrected chi connectivity index (χ1v) is 25.8. The molecular formula is C52H67ClF4N12O3. The van der Waals surface area contributed by atoms with Crippen LogP contribution in [0.1, 0.15) is 66.0 Å². The molecule has 4 saturated heterocycles. The Morgan fingerprint density at radius 2 is 1.57 bits per heavy atom. The number of nitrogen functional groups attached to an aromatic ring is 1. The number of rotatable bonds is 16. The number of piperazine rings is 2. The number of carbonyl (C=O) groups is 2. The van der Waals surface area contributed by atoms with E-state index in [9.17, 15) is 27.2 Å². The molecule has 20 heteroatoms. The van der Waals surface area contributed by atoms with Gasteiger partial charge < -0.3 is 41.5 Å². The maximum Gasteiger partial charge on any atom is 0.419 e. The Balaban J connectivity index is 0.675. The zero-order chi connectivity index (χ0) is 50.4. The zero-order valence-electron chi connectivity index (χ0n) is 40.8. The highest BCUT2D eigenvalue weighted by Gasteiger charge is 2.40. The Kier molecular flexibility index (Phi) is 16.4. The highest BCUT2D eigenvalue weighted by molar-refractivity contribution is 6.30. The van der Waals surface area contributed by atoms with Gasteiger partial charge in [-0.3, -0.25) is 24.3 Å². The number of ether oxygens (including phenoxy) is 1. The molecule has 72 heavy (non-hydrogen) atoms. The van der Waals surface area contributed by atoms with Gasteiger partial charge in [0.15, 0.2) is 0 Å². The van der Waals surface area contributed by atoms with Crippen molar-refractivity contribution in [2.24, 2.45) is 11.7 Å². The molecule has 0 aliphatic carbocycles. The summed E-state index contributed by atoms with van der Waals surface area (Å²) in [4.78, 5) is 50.2. The average molecular weight is 1020 g/mol. The molecule has 0 unspecified atom stereocenters. The van der Waals surface area contributed by atoms with E-state index >= 15 is 0 Å². The van der Waals surface area contributed by atoms with E-state index in [0.717, 1.165) is 132 Å². The summed E-state index contributed by atoms with van der Waals surface area (Å²) in [7, 11) is 0. The minimum atomic E-state index is -4.79. The topological polar surface area (TPSA) is 165 Å². The van der Waals surface area contributed by atoms with Crippen LogP contribution in [-0.4, -0.2) is 157 Å². The number of aromatic nitrogens is 2. The fourth-order valence-corrected chi connectivity index (χ4v) is 10.9. The molecule has 4 fully saturated rings. The summed E-state index contributed by atoms with van der Waals surface area (Å²) in [6, 6.07) is 15.6. The Labute approximate surface area is 424 Å². The minimum absolute atomic E-state index is 0.136. The first-order chi connectivity index (χ1) is 34.7. The molecule has 0 radical (unpaired) electrons. The van der Waals surface area contributed by atoms with Crippen LogP contribution in [0.5, 0.6) is 5.75 Å². The second kappa shape index (κ2) is 22.8. The molecule has 0 bridgehead atoms. The van der Waals surface area contributed by atoms with Crippen LogP contribution in [0.25, 0.3) is 0 Å². The molecule has 9 rings (SSSR count). The average Bonchev–Trinajstić information content (AvgIpc) is 3.87. The van der Waals surface area contributed by atoms with Gasteiger partial charge in [0, 0.05) is 113 Å². The third kappa shape index (κ3) is 12.9. The van der Waals surface area contributed by atoms with Crippen molar-refractivity contribution in [3.05, 3.63) is 106 Å². The zero-order valence-corrected chi connectivity index (χ0v) is 41.6. The number of benzene rings is 3. The SMILES string of the molecule is Nc1ccc(OCc2ccc(F)c(C(F)(F)F)c2)c(CN2CCC(CN3CCN(CC(=O)N4CCN(CC[C@H](NC(=O)C5(N)CCN(c6ncnc7c6CCN7)CC5)c5ccc(Cl)cc5)CC4)CC3)CC2)c1. The summed E-state index contributed by atoms with van der Waals surface area (Å²) in [5.41, 5.74) is 14.4. The van der Waals surface area contributed by atoms with Gasteiger partial charge in [-0.15, -0.1) is 0 Å². The molecule has 5 aliphatic rings. The molecule has 4 aromatic rings. The number of nitrogens with zero attached hydrogens (tertiary/aromatic N) is 8. The lowest BCUT2D eigenvalue weighted by Crippen LogP contribution is -2.60. The van der Waals surface area contributed by atoms with Crippen LogP contribution in [-0.2, 0) is 35.3 Å². The van der Waals surface area contributed by atoms with E-state index in [4.69, 9.17) is 27.8 Å². The van der Waals surface area contributed by atoms with E-state index in [0.29, 0.717) is 80.9 Å². The number of fused-ring (bicyclic) bond motifs is 1. The monoisotopic (exact) mass is 1020 g/mol. The number of hydrogen-bond donors (Lipinski definition) is 4. The fourth-order valence-electron chi connectivity index (χ4n) is 10.8. The molecule has 3 aromatic carbocycles. The largest absolute Gasteiger partial charge is 0.489 e. The Bertz CT molecular complexity index is 2490. The molecule has 6 N–H and O–H groups in total. The van der Waals surface area contributed by atoms with Gasteiger partial charge in [0.25, 0.3) is 0 Å². The van der Waals surface area contributed by atoms with Crippen molar-refractivity contribution in [3.63, 3.8) is 0 Å². The van der Waals surface area contributed by atoms with E-state index in [1.807, 2.05) is 35.2 Å². The first kappa shape index (κ1) is 51.6. The highest BCUT2D eigenvalue weighted by atomic mass is 35.5. The standard InChI is InChI=1S/C52H67ClF4N12O3/c53-40-4-2-38(3-5-40)45(63-50(71)51(59)13-19-69(20-14-51)49-42-9-15-60-48(42)61-35-62-49)12-18-64-25-27-68(28-26-64)47(70)33-67-23-21-66(22-24-67)31-36-10-16-65(17-11-36)32-39-30-41(58)6-8-46(39)72-34-37-1-7-44(54)43(29-37)52(55,56)57/h1-8,29-30,35-36,45H,9-28,31-34,58-59H2,(H,63,71)(H,60,61,62)/t45-/m0/s1. The second-order valence-electron chi connectivity index (χ2n) is 20.2. The lowest BCUT2D eigenvalue weighted by molar-refractivity contribution is -0.140. The van der Waals surface area contributed by atoms with Crippen LogP contribution < -0.4 is 31.7 Å². The Hall–Kier alpha value is -5.31. The lowest BCUT2D eigenvalue weighted by Gasteiger charge is -2.40. The smallest absolute Gasteiger partial charge is 0.419 e. The number of anilines is 3. The summed E-state index contributed by atoms with van der Waals surface area (Å²) in [6.07, 6.45) is 1.46. The lowest BCUT2D eigenvalue weighted by atomic mass is 9.86. The molecule has 15 nitrogen and oxygen atoms in total. The molecule has 1 aromatic heterocycles. The molecule has 0 spiro atoms. The Morgan fingerprint density at radius 1 is 0.861 bits per heavy atom. The van der Waals surface area contributed by atoms with Gasteiger partial charge >= 0.3 is 6.18 Å². The summed E-state index contributed by atoms with van der Waals surface area (Å²) < 4.78 is 59.7. The predicted octanol–water partition coefficient (Wildman–Crippen LogP) is 5.64. The van der Waals surface area contributed by atoms with Crippen LogP contribution in [0.3, 0.4) is 0 Å². The summed E-state index contributed by atoms with van der Waals surface area (Å²) >= 11 is 6.27. The van der Waals surface area contributed by atoms with Crippen molar-refractivity contribution in [3.8, 4) is 5.75 Å². The molecule has 5 aliphatic heterocycles. The third-order valence-corrected chi connectivity index (χ3v) is 15.5. The molecule has 2 amide bonds. The second-order valence-corrected chi connectivity index (χ2v) is 20.6. The van der Waals surface area contributed by atoms with Crippen molar-refractivity contribution in [1.82, 2.24) is 39.8 Å². The molecule has 1 atom stereocenters. The van der Waals surface area contributed by atoms with E-state index in [2.05, 4.69) is 45.1 Å². The van der Waals surface area contributed by atoms with E-state index in [1.165, 1.54) is 6.07 Å². The minimum Gasteiger partial charge on any atom is -0.489 e. The first-order valence-electron chi connectivity index (χ1n) is 25.4. The van der Waals surface area contributed by atoms with Crippen LogP contribution in [0, 0.1) is 11.7 Å². The van der Waals surface area contributed by atoms with Gasteiger partial charge in [0.05, 0.1) is 23.7 Å². The predicted molar refractivity (Wildman–Crippen MR) is 270 cm³/mol. The number of piperidine rings is 2. The van der Waals surface area contributed by atoms with Crippen LogP contribution >= 0.6 is 11.6 Å². The number of nitrogens with two attached hydrogens (primary N) is 2. The van der Waals surface area contributed by atoms with Crippen LogP contribution in [0.2, 0.25) is 5.02 Å². The van der Waals surface area contributed by atoms with Gasteiger partial charge in [-0.2, -0.15) is 13.2 Å². The third-order valence-electron chi connectivity index (χ3n) is 15.3. The van der Waals surface area contributed by atoms with Crippen LogP contribution in [0.15, 0.2) is 67.0 Å². The van der Waals surface area contributed by atoms with E-state index in [1.54, 1.807) is 18.5 Å². The quantitative estimate of drug-likeness (QED) is 0.0807. The van der Waals surface area contributed by atoms with Gasteiger partial charge in [-0.1, -0.05) is 29.8 Å². The molecule has 6 heterocycles. The number of carbonyl (C=O) groups excluding carboxylic acids is 2. The normalized spacial score (nSPS) is 20.0. The molecular weight excluding hydrogens is 952 g/mol. The van der Waals surface area contributed by atoms with Crippen molar-refractivity contribution >= 4 is 40.7 Å². The summed E-state index contributed by atoms with van der Waals surface area (Å²) in [5, 5.41) is 7.27. The van der Waals surface area contributed by atoms with E-state index < -0.39 is 23.1 Å². The van der Waals surface area contributed by atoms with Crippen molar-refractivity contribution in [1.29, 1.82) is 0 Å². The number of halogens is 5. The maximum atomic E-state index is 14.0. The van der Waals surface area contributed by atoms with Crippen molar-refractivity contribution < 1.29 is 31.9 Å². The van der Waals surface area contributed by atoms with Crippen molar-refractivity contribution in [2.45, 2.75) is 69.4 Å². The number of hydrogen-bond acceptors (Lipinski definition) is 13. The van der Waals surface area contributed by atoms with Gasteiger partial charge in [0.2, 0.25) is 11.8 Å². The summed E-state index contributed by atoms with van der Waals surface area (Å²) in [6.45, 7) is 12.9. The number of nitrogens with one attached hydrogen (secondary N) is 2. The van der Waals surface area contributed by atoms with Crippen molar-refractivity contribution in [2.75, 3.05) is 121 Å². The van der Waals surface area contributed by atoms with Gasteiger partial charge in [-0.05, 0) is 111 Å². The number of alkyl halides is 3. The fraction of sp³-hybridized carbons (Fsp3) is 0.538. The van der Waals surface area contributed by atoms with Gasteiger partial charge in [-0.25, -0.2) is 14.4 Å². The Morgan fingerprint density at radius 3 is 2.29 bits per heavy atom. The van der Waals surface area contributed by atoms with E-state index in [-0.39, 0.29) is 30.0 Å². The molecule has 388 valence electrons. The number of likely N-dealkylation sites (tertiary alicyclic amines) is 1.